The van der Waals surface area contributed by atoms with Crippen molar-refractivity contribution >= 4 is 23.2 Å². The lowest BCUT2D eigenvalue weighted by atomic mass is 9.57. The zero-order chi connectivity index (χ0) is 32.1. The molecule has 0 radical (unpaired) electrons. The summed E-state index contributed by atoms with van der Waals surface area (Å²) >= 11 is 0. The van der Waals surface area contributed by atoms with Gasteiger partial charge in [0, 0.05) is 11.5 Å². The summed E-state index contributed by atoms with van der Waals surface area (Å²) in [5.74, 6) is -8.70. The van der Waals surface area contributed by atoms with Gasteiger partial charge in [-0.25, -0.2) is 0 Å². The number of ether oxygens (including phenoxy) is 1. The van der Waals surface area contributed by atoms with Gasteiger partial charge in [0.1, 0.15) is 29.4 Å². The van der Waals surface area contributed by atoms with E-state index in [2.05, 4.69) is 5.32 Å². The highest BCUT2D eigenvalue weighted by Gasteiger charge is 2.63. The van der Waals surface area contributed by atoms with Crippen LogP contribution in [-0.2, 0) is 40.0 Å². The largest absolute Gasteiger partial charge is 0.508 e. The van der Waals surface area contributed by atoms with Crippen molar-refractivity contribution in [1.82, 2.24) is 5.32 Å². The number of nitrogens with two attached hydrogens (primary N) is 2. The molecule has 0 heterocycles. The van der Waals surface area contributed by atoms with Crippen LogP contribution in [0.25, 0.3) is 5.76 Å². The number of carbonyl (C=O) groups is 3. The number of hydrogen-bond acceptors (Lipinski definition) is 9. The Morgan fingerprint density at radius 1 is 1.18 bits per heavy atom. The van der Waals surface area contributed by atoms with Gasteiger partial charge in [0.05, 0.1) is 17.2 Å². The fourth-order valence-electron chi connectivity index (χ4n) is 6.69. The van der Waals surface area contributed by atoms with Crippen molar-refractivity contribution in [3.63, 3.8) is 0 Å². The molecule has 2 aromatic carbocycles. The molecule has 2 aromatic rings. The minimum absolute atomic E-state index is 0.0297. The van der Waals surface area contributed by atoms with Gasteiger partial charge >= 0.3 is 6.18 Å². The van der Waals surface area contributed by atoms with Crippen LogP contribution >= 0.6 is 0 Å². The Kier molecular flexibility index (Phi) is 8.08. The number of fused-ring (bicyclic) bond motifs is 3. The first-order chi connectivity index (χ1) is 20.7. The second kappa shape index (κ2) is 11.4. The van der Waals surface area contributed by atoms with Gasteiger partial charge in [0.2, 0.25) is 5.78 Å². The van der Waals surface area contributed by atoms with Crippen LogP contribution in [0.4, 0.5) is 13.2 Å². The number of aryl methyl sites for hydroxylation is 1. The Labute approximate surface area is 250 Å². The number of aliphatic hydroxyl groups excluding tert-OH is 2. The van der Waals surface area contributed by atoms with Crippen LogP contribution in [0, 0.1) is 11.8 Å². The van der Waals surface area contributed by atoms with Gasteiger partial charge in [-0.1, -0.05) is 30.3 Å². The molecule has 1 amide bonds. The number of alkyl halides is 3. The van der Waals surface area contributed by atoms with E-state index < -0.39 is 81.8 Å². The van der Waals surface area contributed by atoms with Crippen LogP contribution in [0.1, 0.15) is 40.7 Å². The molecule has 0 aliphatic heterocycles. The van der Waals surface area contributed by atoms with Gasteiger partial charge in [-0.2, -0.15) is 13.2 Å². The Morgan fingerprint density at radius 2 is 1.86 bits per heavy atom. The summed E-state index contributed by atoms with van der Waals surface area (Å²) in [6, 6.07) is 8.32. The molecule has 0 aromatic heterocycles. The minimum atomic E-state index is -4.84. The first kappa shape index (κ1) is 31.2. The third-order valence-electron chi connectivity index (χ3n) is 8.71. The fraction of sp³-hybridized carbons (Fsp3) is 0.387. The van der Waals surface area contributed by atoms with Crippen molar-refractivity contribution in [3.05, 3.63) is 81.1 Å². The molecule has 3 aliphatic rings. The van der Waals surface area contributed by atoms with E-state index >= 15 is 0 Å². The molecule has 0 unspecified atom stereocenters. The first-order valence-electron chi connectivity index (χ1n) is 14.0. The second-order valence-corrected chi connectivity index (χ2v) is 11.3. The molecule has 8 N–H and O–H groups in total. The lowest BCUT2D eigenvalue weighted by Crippen LogP contribution is -2.65. The number of rotatable bonds is 8. The Hall–Kier alpha value is -4.20. The molecule has 0 saturated heterocycles. The Morgan fingerprint density at radius 3 is 2.48 bits per heavy atom. The van der Waals surface area contributed by atoms with Crippen LogP contribution < -0.4 is 21.5 Å². The van der Waals surface area contributed by atoms with Crippen molar-refractivity contribution in [3.8, 4) is 5.75 Å². The van der Waals surface area contributed by atoms with Gasteiger partial charge in [-0.15, -0.1) is 0 Å². The highest BCUT2D eigenvalue weighted by atomic mass is 19.4. The van der Waals surface area contributed by atoms with Crippen molar-refractivity contribution < 1.29 is 47.6 Å². The molecule has 0 spiro atoms. The van der Waals surface area contributed by atoms with Gasteiger partial charge in [-0.3, -0.25) is 14.4 Å². The Bertz CT molecular complexity index is 1600. The number of ketones is 2. The van der Waals surface area contributed by atoms with E-state index in [9.17, 15) is 42.9 Å². The van der Waals surface area contributed by atoms with Crippen molar-refractivity contribution in [2.45, 2.75) is 50.1 Å². The third kappa shape index (κ3) is 4.94. The van der Waals surface area contributed by atoms with E-state index in [1.165, 1.54) is 6.07 Å². The summed E-state index contributed by atoms with van der Waals surface area (Å²) in [6.07, 6.45) is -5.21. The predicted octanol–water partition coefficient (Wildman–Crippen LogP) is 2.41. The summed E-state index contributed by atoms with van der Waals surface area (Å²) < 4.78 is 50.3. The number of nitrogens with one attached hydrogen (secondary N) is 1. The maximum atomic E-state index is 14.8. The van der Waals surface area contributed by atoms with Crippen LogP contribution in [0.2, 0.25) is 0 Å². The first-order valence-corrected chi connectivity index (χ1v) is 14.0. The monoisotopic (exact) mass is 615 g/mol. The number of carbonyl (C=O) groups excluding carboxylic acids is 3. The molecule has 1 saturated carbocycles. The Balaban J connectivity index is 1.73. The van der Waals surface area contributed by atoms with Crippen molar-refractivity contribution in [2.24, 2.45) is 23.3 Å². The molecule has 3 aliphatic carbocycles. The molecule has 0 bridgehead atoms. The van der Waals surface area contributed by atoms with Gasteiger partial charge in [-0.05, 0) is 68.0 Å². The molecule has 10 nitrogen and oxygen atoms in total. The standard InChI is InChI=1S/C31H32F3N3O7/c1-37-9-5-8-15-12-19(44-13-14-6-3-2-4-7-14)21-17(23(15)31(32,33)34)10-16-11-18-24(35)26(39)22(29(36)42)28(41)30(18,43)27(40)20(16)25(21)38/h2-4,6-7,12,16,18,24,37-38,41,43H,5,8-11,13,35H2,1H3,(H2,36,42)/t16-,18-,24-,30-/m0/s1. The average Bonchev–Trinajstić information content (AvgIpc) is 2.96. The van der Waals surface area contributed by atoms with Gasteiger partial charge in [0.15, 0.2) is 11.4 Å². The quantitative estimate of drug-likeness (QED) is 0.192. The zero-order valence-corrected chi connectivity index (χ0v) is 23.7. The summed E-state index contributed by atoms with van der Waals surface area (Å²) in [5, 5.41) is 36.9. The molecular formula is C31H32F3N3O7. The van der Waals surface area contributed by atoms with Crippen molar-refractivity contribution in [1.29, 1.82) is 0 Å². The fourth-order valence-corrected chi connectivity index (χ4v) is 6.69. The van der Waals surface area contributed by atoms with Gasteiger partial charge < -0.3 is 36.8 Å². The van der Waals surface area contributed by atoms with E-state index in [1.54, 1.807) is 37.4 Å². The van der Waals surface area contributed by atoms with Crippen molar-refractivity contribution in [2.75, 3.05) is 13.6 Å². The molecule has 1 fully saturated rings. The summed E-state index contributed by atoms with van der Waals surface area (Å²) in [7, 11) is 1.68. The number of benzene rings is 2. The van der Waals surface area contributed by atoms with E-state index in [1.807, 2.05) is 0 Å². The molecule has 13 heteroatoms. The van der Waals surface area contributed by atoms with E-state index in [0.29, 0.717) is 18.5 Å². The van der Waals surface area contributed by atoms with Gasteiger partial charge in [0.25, 0.3) is 5.91 Å². The van der Waals surface area contributed by atoms with E-state index in [-0.39, 0.29) is 41.9 Å². The van der Waals surface area contributed by atoms with Crippen LogP contribution in [0.5, 0.6) is 5.75 Å². The number of halogens is 3. The van der Waals surface area contributed by atoms with Crippen LogP contribution in [-0.4, -0.2) is 58.0 Å². The summed E-state index contributed by atoms with van der Waals surface area (Å²) in [6.45, 7) is 0.376. The number of amides is 1. The molecule has 44 heavy (non-hydrogen) atoms. The predicted molar refractivity (Wildman–Crippen MR) is 151 cm³/mol. The highest BCUT2D eigenvalue weighted by Crippen LogP contribution is 2.54. The minimum Gasteiger partial charge on any atom is -0.508 e. The molecule has 5 rings (SSSR count). The molecular weight excluding hydrogens is 583 g/mol. The zero-order valence-electron chi connectivity index (χ0n) is 23.7. The van der Waals surface area contributed by atoms with Crippen LogP contribution in [0.15, 0.2) is 53.3 Å². The van der Waals surface area contributed by atoms with Crippen LogP contribution in [0.3, 0.4) is 0 Å². The lowest BCUT2D eigenvalue weighted by molar-refractivity contribution is -0.149. The normalized spacial score (nSPS) is 25.0. The summed E-state index contributed by atoms with van der Waals surface area (Å²) in [5.41, 5.74) is 5.87. The average molecular weight is 616 g/mol. The second-order valence-electron chi connectivity index (χ2n) is 11.3. The maximum absolute atomic E-state index is 14.8. The maximum Gasteiger partial charge on any atom is 0.416 e. The molecule has 4 atom stereocenters. The highest BCUT2D eigenvalue weighted by molar-refractivity contribution is 6.24. The smallest absolute Gasteiger partial charge is 0.416 e. The summed E-state index contributed by atoms with van der Waals surface area (Å²) in [4.78, 5) is 38.7. The third-order valence-corrected chi connectivity index (χ3v) is 8.71. The SMILES string of the molecule is CNCCCc1cc(OCc2ccccc2)c2c(c1C(F)(F)F)C[C@H]1C[C@H]3[C@H](N)C(=O)C(C(N)=O)=C(O)[C@@]3(O)C(=O)C1=C2O. The number of hydrogen-bond donors (Lipinski definition) is 6. The van der Waals surface area contributed by atoms with E-state index in [4.69, 9.17) is 16.2 Å². The van der Waals surface area contributed by atoms with E-state index in [0.717, 1.165) is 0 Å². The number of Topliss-reactive ketones (excluding diaryl/α,β-unsaturated/α-hetero) is 2. The number of aliphatic hydroxyl groups is 3. The molecule has 234 valence electrons. The topological polar surface area (TPSA) is 185 Å². The lowest BCUT2D eigenvalue weighted by Gasteiger charge is -2.48. The number of primary amides is 1.